The lowest BCUT2D eigenvalue weighted by atomic mass is 10.0. The molecular formula is C25H21F3N4O4. The van der Waals surface area contributed by atoms with Crippen LogP contribution in [-0.2, 0) is 24.4 Å². The Balaban J connectivity index is 1.75. The Morgan fingerprint density at radius 1 is 1.19 bits per heavy atom. The number of nitrogens with zero attached hydrogens (tertiary/aromatic N) is 4. The molecule has 1 unspecified atom stereocenters. The van der Waals surface area contributed by atoms with Gasteiger partial charge in [-0.25, -0.2) is 9.59 Å². The highest BCUT2D eigenvalue weighted by Crippen LogP contribution is 2.41. The molecule has 0 bridgehead atoms. The van der Waals surface area contributed by atoms with E-state index in [9.17, 15) is 27.6 Å². The molecule has 36 heavy (non-hydrogen) atoms. The van der Waals surface area contributed by atoms with Gasteiger partial charge in [0, 0.05) is 18.6 Å². The van der Waals surface area contributed by atoms with Crippen molar-refractivity contribution < 1.29 is 22.7 Å². The van der Waals surface area contributed by atoms with Crippen molar-refractivity contribution in [3.05, 3.63) is 91.9 Å². The average Bonchev–Trinajstić information content (AvgIpc) is 3.42. The van der Waals surface area contributed by atoms with Crippen LogP contribution >= 0.6 is 0 Å². The van der Waals surface area contributed by atoms with E-state index in [0.29, 0.717) is 5.69 Å². The Kier molecular flexibility index (Phi) is 5.57. The second-order valence-electron chi connectivity index (χ2n) is 8.53. The number of alkyl halides is 3. The van der Waals surface area contributed by atoms with E-state index in [1.165, 1.54) is 12.1 Å². The van der Waals surface area contributed by atoms with Crippen LogP contribution < -0.4 is 11.2 Å². The first-order valence-electron chi connectivity index (χ1n) is 11.3. The van der Waals surface area contributed by atoms with Crippen LogP contribution in [0.25, 0.3) is 16.6 Å². The van der Waals surface area contributed by atoms with Gasteiger partial charge in [0.15, 0.2) is 0 Å². The van der Waals surface area contributed by atoms with E-state index in [0.717, 1.165) is 32.3 Å². The Morgan fingerprint density at radius 3 is 2.69 bits per heavy atom. The minimum atomic E-state index is -4.57. The summed E-state index contributed by atoms with van der Waals surface area (Å²) >= 11 is 0. The summed E-state index contributed by atoms with van der Waals surface area (Å²) in [5.74, 6) is -0.922. The number of benzene rings is 2. The first kappa shape index (κ1) is 23.6. The summed E-state index contributed by atoms with van der Waals surface area (Å²) in [6.07, 6.45) is -1.70. The van der Waals surface area contributed by atoms with Gasteiger partial charge in [0.05, 0.1) is 35.6 Å². The van der Waals surface area contributed by atoms with Gasteiger partial charge in [0.2, 0.25) is 0 Å². The third-order valence-corrected chi connectivity index (χ3v) is 6.48. The number of hydrogen-bond acceptors (Lipinski definition) is 5. The minimum absolute atomic E-state index is 0.000246. The van der Waals surface area contributed by atoms with Gasteiger partial charge in [0.25, 0.3) is 5.56 Å². The predicted octanol–water partition coefficient (Wildman–Crippen LogP) is 3.62. The molecule has 2 aromatic heterocycles. The molecule has 4 aromatic rings. The maximum absolute atomic E-state index is 13.7. The standard InChI is InChI=1S/C25H21F3N4O4/c1-3-36-23(34)18-13-31(15-7-9-20-14(11-15)12-29-30(20)2)24(35)32(22(18)33)21-10-8-16-17(21)5-4-6-19(16)25(26,27)28/h4-7,9,11-13,21H,3,8,10H2,1-2H3. The molecule has 8 nitrogen and oxygen atoms in total. The zero-order chi connectivity index (χ0) is 25.8. The minimum Gasteiger partial charge on any atom is -0.462 e. The second-order valence-corrected chi connectivity index (χ2v) is 8.53. The molecule has 2 aromatic carbocycles. The SMILES string of the molecule is CCOC(=O)c1cn(-c2ccc3c(cnn3C)c2)c(=O)n(C2CCc3c2cccc3C(F)(F)F)c1=O. The maximum Gasteiger partial charge on any atom is 0.416 e. The number of ether oxygens (including phenoxy) is 1. The van der Waals surface area contributed by atoms with Gasteiger partial charge >= 0.3 is 17.8 Å². The van der Waals surface area contributed by atoms with E-state index < -0.39 is 35.0 Å². The Morgan fingerprint density at radius 2 is 1.97 bits per heavy atom. The molecule has 0 aliphatic heterocycles. The van der Waals surface area contributed by atoms with Crippen molar-refractivity contribution in [2.75, 3.05) is 6.61 Å². The topological polar surface area (TPSA) is 88.1 Å². The molecule has 5 rings (SSSR count). The second kappa shape index (κ2) is 8.51. The molecule has 0 saturated carbocycles. The van der Waals surface area contributed by atoms with Gasteiger partial charge in [-0.1, -0.05) is 12.1 Å². The molecule has 1 aliphatic carbocycles. The lowest BCUT2D eigenvalue weighted by Crippen LogP contribution is -2.44. The maximum atomic E-state index is 13.7. The molecule has 1 aliphatic rings. The van der Waals surface area contributed by atoms with E-state index in [-0.39, 0.29) is 36.1 Å². The molecule has 0 amide bonds. The van der Waals surface area contributed by atoms with E-state index in [1.807, 2.05) is 0 Å². The molecule has 0 saturated heterocycles. The summed E-state index contributed by atoms with van der Waals surface area (Å²) in [5.41, 5.74) is -1.41. The van der Waals surface area contributed by atoms with Gasteiger partial charge in [-0.3, -0.25) is 18.6 Å². The molecule has 1 atom stereocenters. The zero-order valence-corrected chi connectivity index (χ0v) is 19.4. The van der Waals surface area contributed by atoms with Gasteiger partial charge in [0.1, 0.15) is 5.56 Å². The van der Waals surface area contributed by atoms with Crippen molar-refractivity contribution in [1.82, 2.24) is 18.9 Å². The average molecular weight is 498 g/mol. The Hall–Kier alpha value is -4.15. The van der Waals surface area contributed by atoms with Crippen LogP contribution in [0.1, 0.15) is 46.4 Å². The molecule has 11 heteroatoms. The highest BCUT2D eigenvalue weighted by Gasteiger charge is 2.38. The van der Waals surface area contributed by atoms with Crippen LogP contribution in [0.4, 0.5) is 13.2 Å². The summed E-state index contributed by atoms with van der Waals surface area (Å²) in [5, 5.41) is 4.90. The van der Waals surface area contributed by atoms with Crippen LogP contribution in [0.2, 0.25) is 0 Å². The van der Waals surface area contributed by atoms with Gasteiger partial charge in [-0.2, -0.15) is 18.3 Å². The van der Waals surface area contributed by atoms with Crippen LogP contribution in [0.3, 0.4) is 0 Å². The van der Waals surface area contributed by atoms with E-state index >= 15 is 0 Å². The number of aryl methyl sites for hydroxylation is 1. The number of esters is 1. The highest BCUT2D eigenvalue weighted by molar-refractivity contribution is 5.89. The number of carbonyl (C=O) groups excluding carboxylic acids is 1. The molecule has 0 spiro atoms. The fourth-order valence-corrected chi connectivity index (χ4v) is 4.85. The number of carbonyl (C=O) groups is 1. The van der Waals surface area contributed by atoms with E-state index in [4.69, 9.17) is 4.74 Å². The van der Waals surface area contributed by atoms with Gasteiger partial charge in [-0.15, -0.1) is 0 Å². The van der Waals surface area contributed by atoms with Crippen LogP contribution in [-0.4, -0.2) is 31.5 Å². The monoisotopic (exact) mass is 498 g/mol. The predicted molar refractivity (Wildman–Crippen MR) is 124 cm³/mol. The van der Waals surface area contributed by atoms with Gasteiger partial charge in [-0.05, 0) is 55.2 Å². The normalized spacial score (nSPS) is 15.3. The fourth-order valence-electron chi connectivity index (χ4n) is 4.85. The third-order valence-electron chi connectivity index (χ3n) is 6.48. The number of aromatic nitrogens is 4. The summed E-state index contributed by atoms with van der Waals surface area (Å²) in [6, 6.07) is 7.82. The summed E-state index contributed by atoms with van der Waals surface area (Å²) in [6.45, 7) is 1.58. The molecule has 186 valence electrons. The summed E-state index contributed by atoms with van der Waals surface area (Å²) in [7, 11) is 1.76. The number of halogens is 3. The fraction of sp³-hybridized carbons (Fsp3) is 0.280. The number of rotatable bonds is 4. The Bertz CT molecular complexity index is 1630. The van der Waals surface area contributed by atoms with Crippen molar-refractivity contribution in [2.24, 2.45) is 7.05 Å². The molecule has 0 N–H and O–H groups in total. The molecule has 0 radical (unpaired) electrons. The number of fused-ring (bicyclic) bond motifs is 2. The van der Waals surface area contributed by atoms with Gasteiger partial charge < -0.3 is 4.74 Å². The smallest absolute Gasteiger partial charge is 0.416 e. The zero-order valence-electron chi connectivity index (χ0n) is 19.4. The lowest BCUT2D eigenvalue weighted by molar-refractivity contribution is -0.138. The van der Waals surface area contributed by atoms with Crippen LogP contribution in [0.15, 0.2) is 58.4 Å². The third kappa shape index (κ3) is 3.71. The molecule has 2 heterocycles. The largest absolute Gasteiger partial charge is 0.462 e. The van der Waals surface area contributed by atoms with E-state index in [2.05, 4.69) is 5.10 Å². The molecule has 0 fully saturated rings. The van der Waals surface area contributed by atoms with E-state index in [1.54, 1.807) is 43.0 Å². The summed E-state index contributed by atoms with van der Waals surface area (Å²) in [4.78, 5) is 39.7. The van der Waals surface area contributed by atoms with Crippen molar-refractivity contribution in [3.63, 3.8) is 0 Å². The Labute approximate surface area is 202 Å². The first-order chi connectivity index (χ1) is 17.1. The lowest BCUT2D eigenvalue weighted by Gasteiger charge is -2.19. The quantitative estimate of drug-likeness (QED) is 0.401. The van der Waals surface area contributed by atoms with Crippen molar-refractivity contribution in [1.29, 1.82) is 0 Å². The van der Waals surface area contributed by atoms with Crippen LogP contribution in [0.5, 0.6) is 0 Å². The number of hydrogen-bond donors (Lipinski definition) is 0. The molecular weight excluding hydrogens is 477 g/mol. The van der Waals surface area contributed by atoms with Crippen LogP contribution in [0, 0.1) is 0 Å². The highest BCUT2D eigenvalue weighted by atomic mass is 19.4. The summed E-state index contributed by atoms with van der Waals surface area (Å²) < 4.78 is 49.5. The first-order valence-corrected chi connectivity index (χ1v) is 11.3. The van der Waals surface area contributed by atoms with Crippen molar-refractivity contribution >= 4 is 16.9 Å². The van der Waals surface area contributed by atoms with Crippen molar-refractivity contribution in [3.8, 4) is 5.69 Å². The van der Waals surface area contributed by atoms with Crippen molar-refractivity contribution in [2.45, 2.75) is 32.0 Å².